The molecular formula is C16H15FN4OS2. The molecule has 0 radical (unpaired) electrons. The summed E-state index contributed by atoms with van der Waals surface area (Å²) in [4.78, 5) is 15.4. The third-order valence-electron chi connectivity index (χ3n) is 3.28. The first kappa shape index (κ1) is 16.7. The topological polar surface area (TPSA) is 70.7 Å². The Hall–Kier alpha value is -2.19. The Bertz CT molecular complexity index is 857. The summed E-state index contributed by atoms with van der Waals surface area (Å²) in [5, 5.41) is 11.7. The molecule has 8 heteroatoms. The number of aromatic amines is 1. The summed E-state index contributed by atoms with van der Waals surface area (Å²) in [6.07, 6.45) is 0. The van der Waals surface area contributed by atoms with Crippen molar-refractivity contribution >= 4 is 39.7 Å². The van der Waals surface area contributed by atoms with E-state index in [0.29, 0.717) is 20.8 Å². The van der Waals surface area contributed by atoms with E-state index >= 15 is 0 Å². The molecular weight excluding hydrogens is 347 g/mol. The second kappa shape index (κ2) is 7.14. The highest BCUT2D eigenvalue weighted by molar-refractivity contribution is 8.01. The van der Waals surface area contributed by atoms with E-state index in [1.165, 1.54) is 35.2 Å². The molecule has 2 aromatic heterocycles. The van der Waals surface area contributed by atoms with Gasteiger partial charge in [0.1, 0.15) is 5.82 Å². The maximum Gasteiger partial charge on any atom is 0.210 e. The van der Waals surface area contributed by atoms with E-state index in [4.69, 9.17) is 0 Å². The van der Waals surface area contributed by atoms with Gasteiger partial charge in [-0.05, 0) is 44.2 Å². The summed E-state index contributed by atoms with van der Waals surface area (Å²) in [7, 11) is 0. The Kier molecular flexibility index (Phi) is 4.96. The second-order valence-electron chi connectivity index (χ2n) is 5.21. The summed E-state index contributed by atoms with van der Waals surface area (Å²) >= 11 is 2.71. The molecule has 5 nitrogen and oxygen atoms in total. The molecule has 24 heavy (non-hydrogen) atoms. The minimum absolute atomic E-state index is 0.0603. The zero-order valence-electron chi connectivity index (χ0n) is 13.1. The molecule has 0 aliphatic heterocycles. The Morgan fingerprint density at radius 1 is 1.29 bits per heavy atom. The number of ketones is 1. The lowest BCUT2D eigenvalue weighted by Gasteiger charge is -2.00. The number of nitrogens with one attached hydrogen (secondary N) is 2. The lowest BCUT2D eigenvalue weighted by Crippen LogP contribution is -2.02. The van der Waals surface area contributed by atoms with Crippen LogP contribution in [0.4, 0.5) is 15.2 Å². The first-order valence-corrected chi connectivity index (χ1v) is 9.00. The highest BCUT2D eigenvalue weighted by Gasteiger charge is 2.13. The molecule has 0 unspecified atom stereocenters. The van der Waals surface area contributed by atoms with Gasteiger partial charge in [-0.1, -0.05) is 23.1 Å². The largest absolute Gasteiger partial charge is 0.362 e. The van der Waals surface area contributed by atoms with Crippen LogP contribution in [0.3, 0.4) is 0 Å². The van der Waals surface area contributed by atoms with E-state index in [1.807, 2.05) is 19.9 Å². The number of rotatable bonds is 6. The van der Waals surface area contributed by atoms with E-state index in [0.717, 1.165) is 17.1 Å². The number of Topliss-reactive ketones (excluding diaryl/α,β-unsaturated/α-hetero) is 1. The van der Waals surface area contributed by atoms with E-state index in [2.05, 4.69) is 20.5 Å². The maximum atomic E-state index is 12.9. The highest BCUT2D eigenvalue weighted by Crippen LogP contribution is 2.28. The normalized spacial score (nSPS) is 10.8. The molecule has 0 amide bonds. The van der Waals surface area contributed by atoms with Gasteiger partial charge in [-0.3, -0.25) is 4.79 Å². The van der Waals surface area contributed by atoms with Gasteiger partial charge in [-0.2, -0.15) is 0 Å². The molecule has 3 aromatic rings. The van der Waals surface area contributed by atoms with Crippen LogP contribution in [0, 0.1) is 19.7 Å². The van der Waals surface area contributed by atoms with Gasteiger partial charge in [-0.15, -0.1) is 10.2 Å². The Balaban J connectivity index is 1.59. The van der Waals surface area contributed by atoms with Gasteiger partial charge < -0.3 is 10.3 Å². The van der Waals surface area contributed by atoms with Crippen molar-refractivity contribution < 1.29 is 9.18 Å². The molecule has 0 aliphatic rings. The number of carbonyl (C=O) groups is 1. The summed E-state index contributed by atoms with van der Waals surface area (Å²) < 4.78 is 13.6. The SMILES string of the molecule is Cc1cc(C(=O)CSc2nnc(Nc3ccc(F)cc3)s2)c(C)[nH]1. The number of anilines is 2. The van der Waals surface area contributed by atoms with Crippen LogP contribution in [0.1, 0.15) is 21.7 Å². The van der Waals surface area contributed by atoms with E-state index in [-0.39, 0.29) is 11.6 Å². The standard InChI is InChI=1S/C16H15FN4OS2/c1-9-7-13(10(2)18-9)14(22)8-23-16-21-20-15(24-16)19-12-5-3-11(17)4-6-12/h3-7,18H,8H2,1-2H3,(H,19,20). The number of H-pyrrole nitrogens is 1. The third kappa shape index (κ3) is 4.01. The van der Waals surface area contributed by atoms with Crippen molar-refractivity contribution in [1.29, 1.82) is 0 Å². The number of halogens is 1. The van der Waals surface area contributed by atoms with Crippen LogP contribution in [-0.4, -0.2) is 26.7 Å². The Morgan fingerprint density at radius 2 is 2.04 bits per heavy atom. The molecule has 0 bridgehead atoms. The number of benzene rings is 1. The fourth-order valence-electron chi connectivity index (χ4n) is 2.19. The highest BCUT2D eigenvalue weighted by atomic mass is 32.2. The maximum absolute atomic E-state index is 12.9. The van der Waals surface area contributed by atoms with E-state index in [1.54, 1.807) is 12.1 Å². The second-order valence-corrected chi connectivity index (χ2v) is 7.41. The van der Waals surface area contributed by atoms with Crippen LogP contribution < -0.4 is 5.32 Å². The number of aromatic nitrogens is 3. The minimum atomic E-state index is -0.289. The fourth-order valence-corrected chi connectivity index (χ4v) is 3.85. The summed E-state index contributed by atoms with van der Waals surface area (Å²) in [5.41, 5.74) is 3.31. The third-order valence-corrected chi connectivity index (χ3v) is 5.25. The molecule has 124 valence electrons. The van der Waals surface area contributed by atoms with Gasteiger partial charge in [0.05, 0.1) is 5.75 Å². The van der Waals surface area contributed by atoms with Crippen molar-refractivity contribution in [3.63, 3.8) is 0 Å². The van der Waals surface area contributed by atoms with Gasteiger partial charge in [0, 0.05) is 22.6 Å². The van der Waals surface area contributed by atoms with Crippen molar-refractivity contribution in [2.75, 3.05) is 11.1 Å². The van der Waals surface area contributed by atoms with Gasteiger partial charge >= 0.3 is 0 Å². The predicted octanol–water partition coefficient (Wildman–Crippen LogP) is 4.34. The van der Waals surface area contributed by atoms with Gasteiger partial charge in [0.25, 0.3) is 0 Å². The van der Waals surface area contributed by atoms with Crippen molar-refractivity contribution in [1.82, 2.24) is 15.2 Å². The van der Waals surface area contributed by atoms with Crippen LogP contribution in [0.2, 0.25) is 0 Å². The summed E-state index contributed by atoms with van der Waals surface area (Å²) in [6, 6.07) is 7.87. The molecule has 0 saturated heterocycles. The van der Waals surface area contributed by atoms with Gasteiger partial charge in [-0.25, -0.2) is 4.39 Å². The molecule has 0 atom stereocenters. The van der Waals surface area contributed by atoms with Crippen LogP contribution >= 0.6 is 23.1 Å². The van der Waals surface area contributed by atoms with Crippen molar-refractivity contribution in [2.45, 2.75) is 18.2 Å². The Morgan fingerprint density at radius 3 is 2.71 bits per heavy atom. The van der Waals surface area contributed by atoms with Crippen molar-refractivity contribution in [3.8, 4) is 0 Å². The molecule has 3 rings (SSSR count). The van der Waals surface area contributed by atoms with E-state index in [9.17, 15) is 9.18 Å². The van der Waals surface area contributed by atoms with Crippen LogP contribution in [0.25, 0.3) is 0 Å². The summed E-state index contributed by atoms with van der Waals surface area (Å²) in [5.74, 6) is 0.0801. The lowest BCUT2D eigenvalue weighted by atomic mass is 10.2. The lowest BCUT2D eigenvalue weighted by molar-refractivity contribution is 0.102. The number of hydrogen-bond donors (Lipinski definition) is 2. The van der Waals surface area contributed by atoms with Gasteiger partial charge in [0.2, 0.25) is 5.13 Å². The molecule has 1 aromatic carbocycles. The fraction of sp³-hybridized carbons (Fsp3) is 0.188. The number of thioether (sulfide) groups is 1. The monoisotopic (exact) mass is 362 g/mol. The van der Waals surface area contributed by atoms with Crippen LogP contribution in [0.15, 0.2) is 34.7 Å². The molecule has 0 saturated carbocycles. The molecule has 0 aliphatic carbocycles. The molecule has 0 fully saturated rings. The zero-order chi connectivity index (χ0) is 17.1. The van der Waals surface area contributed by atoms with E-state index < -0.39 is 0 Å². The number of hydrogen-bond acceptors (Lipinski definition) is 6. The smallest absolute Gasteiger partial charge is 0.210 e. The zero-order valence-corrected chi connectivity index (χ0v) is 14.7. The molecule has 2 heterocycles. The van der Waals surface area contributed by atoms with Gasteiger partial charge in [0.15, 0.2) is 10.1 Å². The number of aryl methyl sites for hydroxylation is 2. The van der Waals surface area contributed by atoms with Crippen LogP contribution in [-0.2, 0) is 0 Å². The predicted molar refractivity (Wildman–Crippen MR) is 94.9 cm³/mol. The first-order chi connectivity index (χ1) is 11.5. The average Bonchev–Trinajstić information content (AvgIpc) is 3.13. The Labute approximate surface area is 146 Å². The average molecular weight is 362 g/mol. The number of nitrogens with zero attached hydrogens (tertiary/aromatic N) is 2. The van der Waals surface area contributed by atoms with Crippen LogP contribution in [0.5, 0.6) is 0 Å². The van der Waals surface area contributed by atoms with Crippen molar-refractivity contribution in [2.24, 2.45) is 0 Å². The minimum Gasteiger partial charge on any atom is -0.362 e. The number of carbonyl (C=O) groups excluding carboxylic acids is 1. The quantitative estimate of drug-likeness (QED) is 0.504. The molecule has 0 spiro atoms. The summed E-state index contributed by atoms with van der Waals surface area (Å²) in [6.45, 7) is 3.82. The first-order valence-electron chi connectivity index (χ1n) is 7.19. The molecule has 2 N–H and O–H groups in total. The van der Waals surface area contributed by atoms with Crippen molar-refractivity contribution in [3.05, 3.63) is 53.1 Å².